The Morgan fingerprint density at radius 2 is 2.09 bits per heavy atom. The first-order valence-electron chi connectivity index (χ1n) is 6.60. The van der Waals surface area contributed by atoms with Crippen LogP contribution in [0.4, 0.5) is 5.13 Å². The molecule has 0 saturated heterocycles. The van der Waals surface area contributed by atoms with Crippen LogP contribution in [0.25, 0.3) is 11.8 Å². The maximum atomic E-state index is 11.8. The van der Waals surface area contributed by atoms with E-state index in [2.05, 4.69) is 20.5 Å². The Morgan fingerprint density at radius 1 is 1.27 bits per heavy atom. The first-order chi connectivity index (χ1) is 10.7. The topological polar surface area (TPSA) is 72.7 Å². The number of aryl methyl sites for hydroxylation is 1. The minimum Gasteiger partial charge on any atom is -0.298 e. The molecule has 3 rings (SSSR count). The lowest BCUT2D eigenvalue weighted by Gasteiger charge is -1.96. The molecule has 0 unspecified atom stereocenters. The molecule has 3 aromatic rings. The van der Waals surface area contributed by atoms with Gasteiger partial charge in [0.05, 0.1) is 11.9 Å². The molecule has 1 N–H and O–H groups in total. The average molecular weight is 311 g/mol. The van der Waals surface area contributed by atoms with Crippen molar-refractivity contribution < 1.29 is 4.79 Å². The lowest BCUT2D eigenvalue weighted by Crippen LogP contribution is -2.07. The van der Waals surface area contributed by atoms with Crippen LogP contribution in [0, 0.1) is 6.92 Å². The standard InChI is InChI=1S/C15H13N5OS/c1-11-9-16-15(22-11)18-14(21)8-7-12-10-17-20(19-12)13-5-3-2-4-6-13/h2-10H,1H3,(H,16,18,21). The molecule has 7 heteroatoms. The molecule has 1 aromatic carbocycles. The molecule has 0 aliphatic heterocycles. The number of anilines is 1. The maximum Gasteiger partial charge on any atom is 0.250 e. The number of aromatic nitrogens is 4. The van der Waals surface area contributed by atoms with Crippen LogP contribution in [0.15, 0.2) is 48.8 Å². The molecule has 2 heterocycles. The molecule has 0 saturated carbocycles. The van der Waals surface area contributed by atoms with Crippen LogP contribution in [0.2, 0.25) is 0 Å². The molecule has 0 atom stereocenters. The van der Waals surface area contributed by atoms with E-state index in [4.69, 9.17) is 0 Å². The SMILES string of the molecule is Cc1cnc(NC(=O)C=Cc2cnn(-c3ccccc3)n2)s1. The summed E-state index contributed by atoms with van der Waals surface area (Å²) in [7, 11) is 0. The minimum absolute atomic E-state index is 0.247. The summed E-state index contributed by atoms with van der Waals surface area (Å²) in [5.74, 6) is -0.247. The highest BCUT2D eigenvalue weighted by Crippen LogP contribution is 2.16. The molecule has 0 radical (unpaired) electrons. The van der Waals surface area contributed by atoms with Crippen molar-refractivity contribution in [1.29, 1.82) is 0 Å². The molecular formula is C15H13N5OS. The van der Waals surface area contributed by atoms with E-state index in [1.54, 1.807) is 18.5 Å². The van der Waals surface area contributed by atoms with Gasteiger partial charge in [0.15, 0.2) is 5.13 Å². The van der Waals surface area contributed by atoms with Gasteiger partial charge in [-0.2, -0.15) is 9.90 Å². The third-order valence-electron chi connectivity index (χ3n) is 2.75. The second-order valence-corrected chi connectivity index (χ2v) is 5.73. The van der Waals surface area contributed by atoms with Crippen LogP contribution in [0.1, 0.15) is 10.6 Å². The fraction of sp³-hybridized carbons (Fsp3) is 0.0667. The van der Waals surface area contributed by atoms with Gasteiger partial charge in [-0.3, -0.25) is 10.1 Å². The quantitative estimate of drug-likeness (QED) is 0.752. The van der Waals surface area contributed by atoms with Crippen molar-refractivity contribution in [3.05, 3.63) is 59.4 Å². The van der Waals surface area contributed by atoms with Gasteiger partial charge in [0.2, 0.25) is 5.91 Å². The van der Waals surface area contributed by atoms with E-state index >= 15 is 0 Å². The Morgan fingerprint density at radius 3 is 2.82 bits per heavy atom. The van der Waals surface area contributed by atoms with Crippen LogP contribution in [0.3, 0.4) is 0 Å². The number of para-hydroxylation sites is 1. The first-order valence-corrected chi connectivity index (χ1v) is 7.41. The summed E-state index contributed by atoms with van der Waals surface area (Å²) in [6, 6.07) is 9.57. The van der Waals surface area contributed by atoms with Gasteiger partial charge in [-0.1, -0.05) is 18.2 Å². The summed E-state index contributed by atoms with van der Waals surface area (Å²) in [5.41, 5.74) is 1.47. The molecule has 2 aromatic heterocycles. The number of hydrogen-bond acceptors (Lipinski definition) is 5. The fourth-order valence-electron chi connectivity index (χ4n) is 1.76. The van der Waals surface area contributed by atoms with Gasteiger partial charge in [-0.25, -0.2) is 4.98 Å². The average Bonchev–Trinajstić information content (AvgIpc) is 3.15. The van der Waals surface area contributed by atoms with Crippen molar-refractivity contribution in [2.24, 2.45) is 0 Å². The number of carbonyl (C=O) groups excluding carboxylic acids is 1. The second-order valence-electron chi connectivity index (χ2n) is 4.49. The van der Waals surface area contributed by atoms with Crippen molar-refractivity contribution in [2.75, 3.05) is 5.32 Å². The molecule has 22 heavy (non-hydrogen) atoms. The number of nitrogens with zero attached hydrogens (tertiary/aromatic N) is 4. The Hall–Kier alpha value is -2.80. The van der Waals surface area contributed by atoms with Crippen LogP contribution >= 0.6 is 11.3 Å². The Labute approximate surface area is 131 Å². The third-order valence-corrected chi connectivity index (χ3v) is 3.58. The zero-order chi connectivity index (χ0) is 15.4. The molecule has 0 bridgehead atoms. The van der Waals surface area contributed by atoms with E-state index in [-0.39, 0.29) is 5.91 Å². The third kappa shape index (κ3) is 3.44. The predicted molar refractivity (Wildman–Crippen MR) is 85.9 cm³/mol. The van der Waals surface area contributed by atoms with Gasteiger partial charge in [-0.15, -0.1) is 16.4 Å². The predicted octanol–water partition coefficient (Wildman–Crippen LogP) is 2.68. The monoisotopic (exact) mass is 311 g/mol. The van der Waals surface area contributed by atoms with Crippen LogP contribution in [-0.2, 0) is 4.79 Å². The lowest BCUT2D eigenvalue weighted by molar-refractivity contribution is -0.111. The Balaban J connectivity index is 1.66. The van der Waals surface area contributed by atoms with Gasteiger partial charge < -0.3 is 0 Å². The molecular weight excluding hydrogens is 298 g/mol. The van der Waals surface area contributed by atoms with Crippen molar-refractivity contribution in [1.82, 2.24) is 20.0 Å². The number of carbonyl (C=O) groups is 1. The van der Waals surface area contributed by atoms with Gasteiger partial charge >= 0.3 is 0 Å². The molecule has 6 nitrogen and oxygen atoms in total. The lowest BCUT2D eigenvalue weighted by atomic mass is 10.3. The second kappa shape index (κ2) is 6.31. The summed E-state index contributed by atoms with van der Waals surface area (Å²) in [6.07, 6.45) is 6.35. The first kappa shape index (κ1) is 14.2. The summed E-state index contributed by atoms with van der Waals surface area (Å²) < 4.78 is 0. The Bertz CT molecular complexity index is 806. The van der Waals surface area contributed by atoms with E-state index in [1.165, 1.54) is 22.2 Å². The molecule has 0 aliphatic carbocycles. The van der Waals surface area contributed by atoms with Crippen molar-refractivity contribution in [3.8, 4) is 5.69 Å². The van der Waals surface area contributed by atoms with E-state index in [9.17, 15) is 4.79 Å². The Kier molecular flexibility index (Phi) is 4.06. The van der Waals surface area contributed by atoms with Crippen molar-refractivity contribution in [3.63, 3.8) is 0 Å². The highest BCUT2D eigenvalue weighted by atomic mass is 32.1. The molecule has 110 valence electrons. The van der Waals surface area contributed by atoms with Crippen molar-refractivity contribution >= 4 is 28.5 Å². The number of rotatable bonds is 4. The van der Waals surface area contributed by atoms with E-state index in [1.807, 2.05) is 37.3 Å². The number of amides is 1. The van der Waals surface area contributed by atoms with E-state index in [0.717, 1.165) is 10.6 Å². The largest absolute Gasteiger partial charge is 0.298 e. The zero-order valence-corrected chi connectivity index (χ0v) is 12.6. The number of nitrogens with one attached hydrogen (secondary N) is 1. The molecule has 0 fully saturated rings. The molecule has 0 aliphatic rings. The molecule has 0 spiro atoms. The summed E-state index contributed by atoms with van der Waals surface area (Å²) in [5, 5.41) is 11.7. The van der Waals surface area contributed by atoms with Gasteiger partial charge in [-0.05, 0) is 25.1 Å². The molecule has 1 amide bonds. The smallest absolute Gasteiger partial charge is 0.250 e. The number of thiazole rings is 1. The summed E-state index contributed by atoms with van der Waals surface area (Å²) >= 11 is 1.43. The van der Waals surface area contributed by atoms with E-state index < -0.39 is 0 Å². The zero-order valence-electron chi connectivity index (χ0n) is 11.8. The summed E-state index contributed by atoms with van der Waals surface area (Å²) in [4.78, 5) is 18.4. The number of benzene rings is 1. The maximum absolute atomic E-state index is 11.8. The van der Waals surface area contributed by atoms with Gasteiger partial charge in [0, 0.05) is 17.2 Å². The fourth-order valence-corrected chi connectivity index (χ4v) is 2.43. The van der Waals surface area contributed by atoms with Gasteiger partial charge in [0.25, 0.3) is 0 Å². The summed E-state index contributed by atoms with van der Waals surface area (Å²) in [6.45, 7) is 1.94. The highest BCUT2D eigenvalue weighted by Gasteiger charge is 2.03. The van der Waals surface area contributed by atoms with Crippen LogP contribution in [-0.4, -0.2) is 25.9 Å². The van der Waals surface area contributed by atoms with Crippen molar-refractivity contribution in [2.45, 2.75) is 6.92 Å². The minimum atomic E-state index is -0.247. The van der Waals surface area contributed by atoms with Crippen LogP contribution < -0.4 is 5.32 Å². The van der Waals surface area contributed by atoms with Crippen LogP contribution in [0.5, 0.6) is 0 Å². The number of hydrogen-bond donors (Lipinski definition) is 1. The van der Waals surface area contributed by atoms with E-state index in [0.29, 0.717) is 10.8 Å². The highest BCUT2D eigenvalue weighted by molar-refractivity contribution is 7.15. The normalized spacial score (nSPS) is 11.0. The van der Waals surface area contributed by atoms with Gasteiger partial charge in [0.1, 0.15) is 5.69 Å².